The summed E-state index contributed by atoms with van der Waals surface area (Å²) < 4.78 is 5.40. The lowest BCUT2D eigenvalue weighted by Gasteiger charge is -2.35. The smallest absolute Gasteiger partial charge is 0.255 e. The fourth-order valence-electron chi connectivity index (χ4n) is 5.11. The summed E-state index contributed by atoms with van der Waals surface area (Å²) in [6.45, 7) is 7.68. The Morgan fingerprint density at radius 2 is 1.64 bits per heavy atom. The Labute approximate surface area is 232 Å². The molecule has 0 spiro atoms. The van der Waals surface area contributed by atoms with Gasteiger partial charge in [-0.1, -0.05) is 49.4 Å². The number of hydrogen-bond acceptors (Lipinski definition) is 4. The molecule has 0 atom stereocenters. The number of carbonyl (C=O) groups is 2. The Bertz CT molecular complexity index is 1200. The van der Waals surface area contributed by atoms with Crippen LogP contribution in [0.2, 0.25) is 0 Å². The van der Waals surface area contributed by atoms with E-state index in [9.17, 15) is 9.59 Å². The lowest BCUT2D eigenvalue weighted by Crippen LogP contribution is -2.36. The van der Waals surface area contributed by atoms with Crippen LogP contribution in [0.5, 0.6) is 0 Å². The highest BCUT2D eigenvalue weighted by atomic mass is 16.5. The van der Waals surface area contributed by atoms with E-state index in [0.717, 1.165) is 50.9 Å². The predicted octanol–water partition coefficient (Wildman–Crippen LogP) is 6.12. The minimum absolute atomic E-state index is 0.128. The summed E-state index contributed by atoms with van der Waals surface area (Å²) in [4.78, 5) is 28.5. The van der Waals surface area contributed by atoms with Gasteiger partial charge in [-0.3, -0.25) is 9.59 Å². The molecule has 0 unspecified atom stereocenters. The van der Waals surface area contributed by atoms with Crippen LogP contribution in [0, 0.1) is 5.92 Å². The quantitative estimate of drug-likeness (QED) is 0.279. The van der Waals surface area contributed by atoms with Crippen LogP contribution < -0.4 is 15.5 Å². The van der Waals surface area contributed by atoms with E-state index < -0.39 is 0 Å². The molecule has 0 aliphatic carbocycles. The Hall–Kier alpha value is -3.64. The fraction of sp³-hybridized carbons (Fsp3) is 0.394. The topological polar surface area (TPSA) is 70.7 Å². The van der Waals surface area contributed by atoms with Crippen molar-refractivity contribution in [3.8, 4) is 0 Å². The first-order chi connectivity index (χ1) is 19.1. The van der Waals surface area contributed by atoms with Crippen LogP contribution in [0.4, 0.5) is 11.4 Å². The van der Waals surface area contributed by atoms with Crippen molar-refractivity contribution < 1.29 is 14.3 Å². The van der Waals surface area contributed by atoms with Crippen molar-refractivity contribution in [2.24, 2.45) is 5.92 Å². The molecular formula is C33H41N3O3. The molecule has 2 amide bonds. The van der Waals surface area contributed by atoms with Gasteiger partial charge in [-0.15, -0.1) is 0 Å². The number of aryl methyl sites for hydroxylation is 1. The summed E-state index contributed by atoms with van der Waals surface area (Å²) in [7, 11) is 0. The van der Waals surface area contributed by atoms with Gasteiger partial charge >= 0.3 is 0 Å². The Morgan fingerprint density at radius 1 is 0.897 bits per heavy atom. The third-order valence-electron chi connectivity index (χ3n) is 7.40. The number of ether oxygens (including phenoxy) is 1. The Kier molecular flexibility index (Phi) is 10.5. The van der Waals surface area contributed by atoms with Crippen molar-refractivity contribution in [3.63, 3.8) is 0 Å². The first-order valence-corrected chi connectivity index (χ1v) is 14.3. The predicted molar refractivity (Wildman–Crippen MR) is 159 cm³/mol. The molecule has 1 aliphatic rings. The van der Waals surface area contributed by atoms with Crippen molar-refractivity contribution in [3.05, 3.63) is 95.1 Å². The Morgan fingerprint density at radius 3 is 2.33 bits per heavy atom. The lowest BCUT2D eigenvalue weighted by molar-refractivity contribution is 0.0943. The molecule has 1 fully saturated rings. The number of rotatable bonds is 12. The molecule has 6 heteroatoms. The second-order valence-corrected chi connectivity index (χ2v) is 10.2. The second kappa shape index (κ2) is 14.5. The summed E-state index contributed by atoms with van der Waals surface area (Å²) in [5.41, 5.74) is 5.28. The van der Waals surface area contributed by atoms with Crippen molar-refractivity contribution in [1.82, 2.24) is 5.32 Å². The highest BCUT2D eigenvalue weighted by molar-refractivity contribution is 6.06. The monoisotopic (exact) mass is 527 g/mol. The summed E-state index contributed by atoms with van der Waals surface area (Å²) in [6, 6.07) is 24.0. The molecule has 206 valence electrons. The molecule has 0 radical (unpaired) electrons. The van der Waals surface area contributed by atoms with Crippen LogP contribution in [-0.2, 0) is 17.6 Å². The molecule has 39 heavy (non-hydrogen) atoms. The van der Waals surface area contributed by atoms with Crippen molar-refractivity contribution in [1.29, 1.82) is 0 Å². The van der Waals surface area contributed by atoms with E-state index in [1.54, 1.807) is 0 Å². The zero-order chi connectivity index (χ0) is 27.5. The van der Waals surface area contributed by atoms with Gasteiger partial charge in [0.25, 0.3) is 11.8 Å². The van der Waals surface area contributed by atoms with Gasteiger partial charge in [-0.05, 0) is 86.4 Å². The largest absolute Gasteiger partial charge is 0.382 e. The van der Waals surface area contributed by atoms with E-state index in [1.807, 2.05) is 49.4 Å². The SMILES string of the molecule is CCOCCCNC(=O)c1cc(NC(=O)c2ccc(CC)cc2)ccc1N1CCC(Cc2ccccc2)CC1. The van der Waals surface area contributed by atoms with E-state index >= 15 is 0 Å². The fourth-order valence-corrected chi connectivity index (χ4v) is 5.11. The number of piperidine rings is 1. The molecule has 0 saturated carbocycles. The number of nitrogens with one attached hydrogen (secondary N) is 2. The van der Waals surface area contributed by atoms with E-state index in [1.165, 1.54) is 11.1 Å². The van der Waals surface area contributed by atoms with Gasteiger partial charge in [0.15, 0.2) is 0 Å². The number of hydrogen-bond donors (Lipinski definition) is 2. The number of nitrogens with zero attached hydrogens (tertiary/aromatic N) is 1. The third kappa shape index (κ3) is 8.17. The molecule has 6 nitrogen and oxygen atoms in total. The number of benzene rings is 3. The first-order valence-electron chi connectivity index (χ1n) is 14.3. The molecule has 1 aliphatic heterocycles. The van der Waals surface area contributed by atoms with E-state index in [-0.39, 0.29) is 11.8 Å². The maximum Gasteiger partial charge on any atom is 0.255 e. The van der Waals surface area contributed by atoms with Crippen LogP contribution >= 0.6 is 0 Å². The minimum atomic E-state index is -0.185. The molecule has 0 aromatic heterocycles. The third-order valence-corrected chi connectivity index (χ3v) is 7.40. The van der Waals surface area contributed by atoms with E-state index in [2.05, 4.69) is 52.8 Å². The van der Waals surface area contributed by atoms with Gasteiger partial charge in [0.05, 0.1) is 5.56 Å². The van der Waals surface area contributed by atoms with Crippen molar-refractivity contribution >= 4 is 23.2 Å². The summed E-state index contributed by atoms with van der Waals surface area (Å²) >= 11 is 0. The number of amides is 2. The molecule has 1 heterocycles. The van der Waals surface area contributed by atoms with E-state index in [4.69, 9.17) is 4.74 Å². The molecule has 2 N–H and O–H groups in total. The average molecular weight is 528 g/mol. The van der Waals surface area contributed by atoms with Crippen LogP contribution in [0.1, 0.15) is 65.0 Å². The molecule has 4 rings (SSSR count). The van der Waals surface area contributed by atoms with Gasteiger partial charge in [-0.25, -0.2) is 0 Å². The normalized spacial score (nSPS) is 13.7. The Balaban J connectivity index is 1.46. The van der Waals surface area contributed by atoms with Crippen molar-refractivity contribution in [2.75, 3.05) is 43.1 Å². The first kappa shape index (κ1) is 28.4. The molecule has 1 saturated heterocycles. The van der Waals surface area contributed by atoms with Gasteiger partial charge < -0.3 is 20.3 Å². The number of anilines is 2. The van der Waals surface area contributed by atoms with Gasteiger partial charge in [0.2, 0.25) is 0 Å². The summed E-state index contributed by atoms with van der Waals surface area (Å²) in [5.74, 6) is 0.323. The standard InChI is InChI=1S/C33H41N3O3/c1-3-25-11-13-28(14-12-25)32(37)35-29-15-16-31(30(24-29)33(38)34-19-8-22-39-4-2)36-20-17-27(18-21-36)23-26-9-6-5-7-10-26/h5-7,9-16,24,27H,3-4,8,17-23H2,1-2H3,(H,34,38)(H,35,37). The maximum absolute atomic E-state index is 13.3. The summed E-state index contributed by atoms with van der Waals surface area (Å²) in [5, 5.41) is 6.03. The lowest BCUT2D eigenvalue weighted by atomic mass is 9.89. The van der Waals surface area contributed by atoms with Crippen LogP contribution in [-0.4, -0.2) is 44.7 Å². The molecule has 0 bridgehead atoms. The minimum Gasteiger partial charge on any atom is -0.382 e. The average Bonchev–Trinajstić information content (AvgIpc) is 2.98. The zero-order valence-electron chi connectivity index (χ0n) is 23.2. The van der Waals surface area contributed by atoms with Crippen LogP contribution in [0.15, 0.2) is 72.8 Å². The van der Waals surface area contributed by atoms with E-state index in [0.29, 0.717) is 42.5 Å². The van der Waals surface area contributed by atoms with Crippen LogP contribution in [0.3, 0.4) is 0 Å². The summed E-state index contributed by atoms with van der Waals surface area (Å²) in [6.07, 6.45) is 4.93. The zero-order valence-corrected chi connectivity index (χ0v) is 23.2. The molecule has 3 aromatic carbocycles. The highest BCUT2D eigenvalue weighted by Crippen LogP contribution is 2.30. The number of carbonyl (C=O) groups excluding carboxylic acids is 2. The van der Waals surface area contributed by atoms with Crippen molar-refractivity contribution in [2.45, 2.75) is 46.0 Å². The highest BCUT2D eigenvalue weighted by Gasteiger charge is 2.24. The van der Waals surface area contributed by atoms with Gasteiger partial charge in [0, 0.05) is 49.8 Å². The van der Waals surface area contributed by atoms with Gasteiger partial charge in [0.1, 0.15) is 0 Å². The van der Waals surface area contributed by atoms with Gasteiger partial charge in [-0.2, -0.15) is 0 Å². The molecule has 3 aromatic rings. The molecular weight excluding hydrogens is 486 g/mol. The second-order valence-electron chi connectivity index (χ2n) is 10.2. The maximum atomic E-state index is 13.3. The van der Waals surface area contributed by atoms with Crippen LogP contribution in [0.25, 0.3) is 0 Å².